The highest BCUT2D eigenvalue weighted by Crippen LogP contribution is 2.17. The zero-order valence-corrected chi connectivity index (χ0v) is 9.57. The molecule has 84 valence electrons. The molecule has 0 radical (unpaired) electrons. The summed E-state index contributed by atoms with van der Waals surface area (Å²) in [7, 11) is 1.66. The average molecular weight is 208 g/mol. The molecule has 0 saturated heterocycles. The molecule has 1 rings (SSSR count). The normalized spacial score (nSPS) is 10.1. The van der Waals surface area contributed by atoms with E-state index in [1.54, 1.807) is 12.1 Å². The third-order valence-corrected chi connectivity index (χ3v) is 2.41. The van der Waals surface area contributed by atoms with Gasteiger partial charge in [0.2, 0.25) is 0 Å². The Morgan fingerprint density at radius 1 is 1.20 bits per heavy atom. The number of ether oxygens (including phenoxy) is 1. The van der Waals surface area contributed by atoms with Crippen molar-refractivity contribution in [3.8, 4) is 5.75 Å². The van der Waals surface area contributed by atoms with Gasteiger partial charge in [-0.15, -0.1) is 0 Å². The maximum atomic E-state index is 5.92. The second-order valence-corrected chi connectivity index (χ2v) is 3.60. The van der Waals surface area contributed by atoms with Gasteiger partial charge in [0.15, 0.2) is 0 Å². The van der Waals surface area contributed by atoms with Gasteiger partial charge in [-0.2, -0.15) is 0 Å². The molecule has 3 nitrogen and oxygen atoms in total. The van der Waals surface area contributed by atoms with Crippen LogP contribution in [-0.4, -0.2) is 13.7 Å². The predicted molar refractivity (Wildman–Crippen MR) is 64.1 cm³/mol. The summed E-state index contributed by atoms with van der Waals surface area (Å²) < 4.78 is 5.09. The Bertz CT molecular complexity index is 271. The first-order valence-corrected chi connectivity index (χ1v) is 5.44. The molecule has 0 bridgehead atoms. The first kappa shape index (κ1) is 11.9. The maximum absolute atomic E-state index is 5.92. The number of hydrazine groups is 1. The molecule has 0 aliphatic heterocycles. The Kier molecular flexibility index (Phi) is 4.98. The summed E-state index contributed by atoms with van der Waals surface area (Å²) >= 11 is 0. The van der Waals surface area contributed by atoms with Gasteiger partial charge in [-0.1, -0.05) is 19.8 Å². The number of hydrogen-bond acceptors (Lipinski definition) is 3. The number of unbranched alkanes of at least 4 members (excludes halogenated alkanes) is 2. The van der Waals surface area contributed by atoms with Crippen LogP contribution in [0, 0.1) is 0 Å². The van der Waals surface area contributed by atoms with Crippen LogP contribution >= 0.6 is 0 Å². The predicted octanol–water partition coefficient (Wildman–Crippen LogP) is 2.57. The fraction of sp³-hybridized carbons (Fsp3) is 0.500. The molecule has 0 aromatic heterocycles. The maximum Gasteiger partial charge on any atom is 0.119 e. The van der Waals surface area contributed by atoms with Crippen LogP contribution in [0.15, 0.2) is 24.3 Å². The van der Waals surface area contributed by atoms with Crippen molar-refractivity contribution < 1.29 is 4.74 Å². The zero-order valence-electron chi connectivity index (χ0n) is 9.57. The second-order valence-electron chi connectivity index (χ2n) is 3.60. The quantitative estimate of drug-likeness (QED) is 0.443. The van der Waals surface area contributed by atoms with Gasteiger partial charge in [-0.3, -0.25) is 0 Å². The van der Waals surface area contributed by atoms with Gasteiger partial charge in [-0.05, 0) is 30.7 Å². The molecule has 0 unspecified atom stereocenters. The Morgan fingerprint density at radius 3 is 2.40 bits per heavy atom. The van der Waals surface area contributed by atoms with Gasteiger partial charge >= 0.3 is 0 Å². The van der Waals surface area contributed by atoms with Crippen LogP contribution in [0.4, 0.5) is 5.69 Å². The summed E-state index contributed by atoms with van der Waals surface area (Å²) in [4.78, 5) is 0. The number of anilines is 1. The number of methoxy groups -OCH3 is 1. The first-order chi connectivity index (χ1) is 7.27. The van der Waals surface area contributed by atoms with E-state index in [0.29, 0.717) is 0 Å². The molecule has 0 fully saturated rings. The smallest absolute Gasteiger partial charge is 0.119 e. The number of nitrogens with two attached hydrogens (primary N) is 1. The van der Waals surface area contributed by atoms with E-state index in [2.05, 4.69) is 6.92 Å². The van der Waals surface area contributed by atoms with Crippen LogP contribution in [-0.2, 0) is 0 Å². The summed E-state index contributed by atoms with van der Waals surface area (Å²) in [6.07, 6.45) is 3.58. The molecule has 0 amide bonds. The Morgan fingerprint density at radius 2 is 1.87 bits per heavy atom. The largest absolute Gasteiger partial charge is 0.497 e. The SMILES string of the molecule is CCCCCN(N)c1ccc(OC)cc1. The second kappa shape index (κ2) is 6.30. The van der Waals surface area contributed by atoms with Gasteiger partial charge in [0.1, 0.15) is 5.75 Å². The minimum atomic E-state index is 0.862. The first-order valence-electron chi connectivity index (χ1n) is 5.44. The Balaban J connectivity index is 2.46. The van der Waals surface area contributed by atoms with Gasteiger partial charge in [-0.25, -0.2) is 5.84 Å². The number of rotatable bonds is 6. The molecule has 0 saturated carbocycles. The topological polar surface area (TPSA) is 38.5 Å². The summed E-state index contributed by atoms with van der Waals surface area (Å²) in [6.45, 7) is 3.09. The van der Waals surface area contributed by atoms with Crippen LogP contribution in [0.25, 0.3) is 0 Å². The minimum Gasteiger partial charge on any atom is -0.497 e. The van der Waals surface area contributed by atoms with E-state index in [4.69, 9.17) is 10.6 Å². The highest BCUT2D eigenvalue weighted by atomic mass is 16.5. The average Bonchev–Trinajstić information content (AvgIpc) is 2.29. The van der Waals surface area contributed by atoms with E-state index in [9.17, 15) is 0 Å². The van der Waals surface area contributed by atoms with Crippen molar-refractivity contribution in [2.45, 2.75) is 26.2 Å². The highest BCUT2D eigenvalue weighted by molar-refractivity contribution is 5.47. The van der Waals surface area contributed by atoms with Crippen LogP contribution in [0.5, 0.6) is 5.75 Å². The molecule has 1 aromatic rings. The molecule has 2 N–H and O–H groups in total. The molecule has 0 aliphatic carbocycles. The van der Waals surface area contributed by atoms with E-state index < -0.39 is 0 Å². The third kappa shape index (κ3) is 3.80. The Hall–Kier alpha value is -1.22. The molecule has 0 heterocycles. The molecule has 0 spiro atoms. The summed E-state index contributed by atoms with van der Waals surface area (Å²) in [6, 6.07) is 7.81. The molecule has 0 aliphatic rings. The molecule has 15 heavy (non-hydrogen) atoms. The van der Waals surface area contributed by atoms with Crippen molar-refractivity contribution in [3.05, 3.63) is 24.3 Å². The van der Waals surface area contributed by atoms with Gasteiger partial charge < -0.3 is 9.75 Å². The zero-order chi connectivity index (χ0) is 11.1. The standard InChI is InChI=1S/C12H20N2O/c1-3-4-5-10-14(13)11-6-8-12(15-2)9-7-11/h6-9H,3-5,10,13H2,1-2H3. The van der Waals surface area contributed by atoms with E-state index in [-0.39, 0.29) is 0 Å². The monoisotopic (exact) mass is 208 g/mol. The lowest BCUT2D eigenvalue weighted by atomic mass is 10.2. The summed E-state index contributed by atoms with van der Waals surface area (Å²) in [5, 5.41) is 1.79. The van der Waals surface area contributed by atoms with Crippen molar-refractivity contribution in [1.29, 1.82) is 0 Å². The highest BCUT2D eigenvalue weighted by Gasteiger charge is 2.00. The Labute approximate surface area is 91.8 Å². The molecule has 1 aromatic carbocycles. The van der Waals surface area contributed by atoms with Crippen molar-refractivity contribution in [3.63, 3.8) is 0 Å². The third-order valence-electron chi connectivity index (χ3n) is 2.41. The number of hydrogen-bond donors (Lipinski definition) is 1. The molecule has 3 heteroatoms. The molecular weight excluding hydrogens is 188 g/mol. The van der Waals surface area contributed by atoms with Crippen LogP contribution in [0.1, 0.15) is 26.2 Å². The van der Waals surface area contributed by atoms with Crippen LogP contribution < -0.4 is 15.6 Å². The van der Waals surface area contributed by atoms with Gasteiger partial charge in [0, 0.05) is 6.54 Å². The summed E-state index contributed by atoms with van der Waals surface area (Å²) in [5.41, 5.74) is 1.03. The fourth-order valence-electron chi connectivity index (χ4n) is 1.43. The van der Waals surface area contributed by atoms with E-state index in [1.165, 1.54) is 12.8 Å². The lowest BCUT2D eigenvalue weighted by Gasteiger charge is -2.18. The van der Waals surface area contributed by atoms with E-state index in [1.807, 2.05) is 24.3 Å². The number of benzene rings is 1. The van der Waals surface area contributed by atoms with E-state index >= 15 is 0 Å². The lowest BCUT2D eigenvalue weighted by Crippen LogP contribution is -2.31. The van der Waals surface area contributed by atoms with Crippen molar-refractivity contribution in [1.82, 2.24) is 0 Å². The van der Waals surface area contributed by atoms with Crippen molar-refractivity contribution in [2.24, 2.45) is 5.84 Å². The van der Waals surface area contributed by atoms with Gasteiger partial charge in [0.05, 0.1) is 12.8 Å². The molecule has 0 atom stereocenters. The van der Waals surface area contributed by atoms with Crippen molar-refractivity contribution >= 4 is 5.69 Å². The van der Waals surface area contributed by atoms with Crippen LogP contribution in [0.2, 0.25) is 0 Å². The van der Waals surface area contributed by atoms with Crippen LogP contribution in [0.3, 0.4) is 0 Å². The fourth-order valence-corrected chi connectivity index (χ4v) is 1.43. The summed E-state index contributed by atoms with van der Waals surface area (Å²) in [5.74, 6) is 6.78. The van der Waals surface area contributed by atoms with E-state index in [0.717, 1.165) is 24.4 Å². The van der Waals surface area contributed by atoms with Crippen molar-refractivity contribution in [2.75, 3.05) is 18.7 Å². The lowest BCUT2D eigenvalue weighted by molar-refractivity contribution is 0.415. The minimum absolute atomic E-state index is 0.862. The van der Waals surface area contributed by atoms with Gasteiger partial charge in [0.25, 0.3) is 0 Å². The number of nitrogens with zero attached hydrogens (tertiary/aromatic N) is 1. The molecular formula is C12H20N2O.